The Morgan fingerprint density at radius 3 is 2.44 bits per heavy atom. The zero-order valence-corrected chi connectivity index (χ0v) is 12.0. The molecule has 1 N–H and O–H groups in total. The number of nitrogens with one attached hydrogen (secondary N) is 1. The molecule has 0 saturated carbocycles. The number of halogens is 1. The summed E-state index contributed by atoms with van der Waals surface area (Å²) in [5.74, 6) is 0.811. The van der Waals surface area contributed by atoms with Crippen LogP contribution in [0.4, 0.5) is 0 Å². The Morgan fingerprint density at radius 1 is 1.22 bits per heavy atom. The van der Waals surface area contributed by atoms with Crippen molar-refractivity contribution in [1.29, 1.82) is 0 Å². The summed E-state index contributed by atoms with van der Waals surface area (Å²) in [6.45, 7) is 2.63. The second-order valence-electron chi connectivity index (χ2n) is 3.97. The fraction of sp³-hybridized carbons (Fsp3) is 0.538. The third-order valence-corrected chi connectivity index (χ3v) is 2.96. The van der Waals surface area contributed by atoms with E-state index < -0.39 is 0 Å². The van der Waals surface area contributed by atoms with Gasteiger partial charge in [0.25, 0.3) is 0 Å². The lowest BCUT2D eigenvalue weighted by Crippen LogP contribution is -2.39. The minimum atomic E-state index is -0.282. The molecule has 0 heterocycles. The Bertz CT molecular complexity index is 369. The van der Waals surface area contributed by atoms with Crippen LogP contribution in [0.15, 0.2) is 18.2 Å². The van der Waals surface area contributed by atoms with Crippen molar-refractivity contribution in [1.82, 2.24) is 5.32 Å². The highest BCUT2D eigenvalue weighted by molar-refractivity contribution is 6.30. The van der Waals surface area contributed by atoms with E-state index in [2.05, 4.69) is 5.32 Å². The van der Waals surface area contributed by atoms with Crippen LogP contribution < -0.4 is 10.1 Å². The molecule has 4 nitrogen and oxygen atoms in total. The average Bonchev–Trinajstić information content (AvgIpc) is 2.38. The highest BCUT2D eigenvalue weighted by atomic mass is 35.5. The van der Waals surface area contributed by atoms with Crippen molar-refractivity contribution in [3.8, 4) is 5.75 Å². The number of methoxy groups -OCH3 is 3. The molecule has 102 valence electrons. The van der Waals surface area contributed by atoms with E-state index in [4.69, 9.17) is 25.8 Å². The van der Waals surface area contributed by atoms with Gasteiger partial charge in [0.05, 0.1) is 13.2 Å². The molecule has 1 unspecified atom stereocenters. The lowest BCUT2D eigenvalue weighted by molar-refractivity contribution is -0.119. The van der Waals surface area contributed by atoms with Gasteiger partial charge in [-0.25, -0.2) is 0 Å². The summed E-state index contributed by atoms with van der Waals surface area (Å²) in [7, 11) is 4.88. The molecule has 1 aromatic carbocycles. The number of rotatable bonds is 7. The summed E-state index contributed by atoms with van der Waals surface area (Å²) in [6.07, 6.45) is -0.282. The third-order valence-electron chi connectivity index (χ3n) is 2.73. The molecule has 1 rings (SSSR count). The molecule has 5 heteroatoms. The van der Waals surface area contributed by atoms with Crippen LogP contribution in [0.5, 0.6) is 5.75 Å². The van der Waals surface area contributed by atoms with Gasteiger partial charge < -0.3 is 19.5 Å². The molecule has 1 aromatic rings. The highest BCUT2D eigenvalue weighted by Gasteiger charge is 2.15. The van der Waals surface area contributed by atoms with E-state index in [0.29, 0.717) is 11.6 Å². The van der Waals surface area contributed by atoms with Crippen LogP contribution in [0, 0.1) is 0 Å². The van der Waals surface area contributed by atoms with Gasteiger partial charge in [0.1, 0.15) is 5.75 Å². The number of ether oxygens (including phenoxy) is 3. The Balaban J connectivity index is 2.65. The van der Waals surface area contributed by atoms with Crippen molar-refractivity contribution in [2.24, 2.45) is 0 Å². The molecule has 0 amide bonds. The van der Waals surface area contributed by atoms with Gasteiger partial charge in [0.15, 0.2) is 6.29 Å². The van der Waals surface area contributed by atoms with Gasteiger partial charge in [0, 0.05) is 31.4 Å². The van der Waals surface area contributed by atoms with E-state index >= 15 is 0 Å². The maximum Gasteiger partial charge on any atom is 0.171 e. The van der Waals surface area contributed by atoms with Gasteiger partial charge in [-0.1, -0.05) is 11.6 Å². The van der Waals surface area contributed by atoms with E-state index in [1.54, 1.807) is 27.4 Å². The Labute approximate surface area is 113 Å². The summed E-state index contributed by atoms with van der Waals surface area (Å²) in [5.41, 5.74) is 1.00. The topological polar surface area (TPSA) is 39.7 Å². The SMILES string of the molecule is COc1ccc(Cl)cc1CNC(C)C(OC)OC. The summed E-state index contributed by atoms with van der Waals surface area (Å²) in [6, 6.07) is 5.60. The van der Waals surface area contributed by atoms with E-state index in [-0.39, 0.29) is 12.3 Å². The van der Waals surface area contributed by atoms with Crippen molar-refractivity contribution >= 4 is 11.6 Å². The molecule has 0 saturated heterocycles. The van der Waals surface area contributed by atoms with Crippen LogP contribution >= 0.6 is 11.6 Å². The van der Waals surface area contributed by atoms with Gasteiger partial charge in [-0.05, 0) is 25.1 Å². The second-order valence-corrected chi connectivity index (χ2v) is 4.40. The first-order valence-corrected chi connectivity index (χ1v) is 6.11. The minimum Gasteiger partial charge on any atom is -0.496 e. The highest BCUT2D eigenvalue weighted by Crippen LogP contribution is 2.22. The molecule has 18 heavy (non-hydrogen) atoms. The Hall–Kier alpha value is -0.810. The molecular formula is C13H20ClNO3. The predicted octanol–water partition coefficient (Wildman–Crippen LogP) is 2.45. The molecule has 0 spiro atoms. The molecule has 0 bridgehead atoms. The van der Waals surface area contributed by atoms with Crippen molar-refractivity contribution in [2.75, 3.05) is 21.3 Å². The molecule has 0 aliphatic heterocycles. The molecular weight excluding hydrogens is 254 g/mol. The zero-order chi connectivity index (χ0) is 13.5. The molecule has 0 aromatic heterocycles. The maximum atomic E-state index is 5.97. The van der Waals surface area contributed by atoms with Crippen molar-refractivity contribution in [3.63, 3.8) is 0 Å². The normalized spacial score (nSPS) is 12.8. The van der Waals surface area contributed by atoms with E-state index in [0.717, 1.165) is 11.3 Å². The van der Waals surface area contributed by atoms with Crippen LogP contribution in [0.1, 0.15) is 12.5 Å². The lowest BCUT2D eigenvalue weighted by Gasteiger charge is -2.22. The molecule has 0 aliphatic rings. The second kappa shape index (κ2) is 7.59. The Morgan fingerprint density at radius 2 is 1.89 bits per heavy atom. The molecule has 0 aliphatic carbocycles. The van der Waals surface area contributed by atoms with Crippen molar-refractivity contribution in [2.45, 2.75) is 25.8 Å². The largest absolute Gasteiger partial charge is 0.496 e. The van der Waals surface area contributed by atoms with Crippen LogP contribution in [0.25, 0.3) is 0 Å². The minimum absolute atomic E-state index is 0.0590. The van der Waals surface area contributed by atoms with E-state index in [1.807, 2.05) is 19.1 Å². The number of benzene rings is 1. The van der Waals surface area contributed by atoms with Gasteiger partial charge in [-0.2, -0.15) is 0 Å². The first kappa shape index (κ1) is 15.2. The summed E-state index contributed by atoms with van der Waals surface area (Å²) in [5, 5.41) is 4.00. The van der Waals surface area contributed by atoms with E-state index in [1.165, 1.54) is 0 Å². The smallest absolute Gasteiger partial charge is 0.171 e. The Kier molecular flexibility index (Phi) is 6.43. The van der Waals surface area contributed by atoms with Crippen LogP contribution in [0.3, 0.4) is 0 Å². The molecule has 1 atom stereocenters. The van der Waals surface area contributed by atoms with Gasteiger partial charge in [0.2, 0.25) is 0 Å². The molecule has 0 fully saturated rings. The van der Waals surface area contributed by atoms with Crippen LogP contribution in [-0.4, -0.2) is 33.7 Å². The number of hydrogen-bond donors (Lipinski definition) is 1. The van der Waals surface area contributed by atoms with Gasteiger partial charge in [-0.15, -0.1) is 0 Å². The maximum absolute atomic E-state index is 5.97. The van der Waals surface area contributed by atoms with Gasteiger partial charge >= 0.3 is 0 Å². The predicted molar refractivity (Wildman–Crippen MR) is 72.1 cm³/mol. The quantitative estimate of drug-likeness (QED) is 0.775. The van der Waals surface area contributed by atoms with Crippen molar-refractivity contribution in [3.05, 3.63) is 28.8 Å². The summed E-state index contributed by atoms with van der Waals surface area (Å²) < 4.78 is 15.7. The fourth-order valence-electron chi connectivity index (χ4n) is 1.76. The van der Waals surface area contributed by atoms with E-state index in [9.17, 15) is 0 Å². The van der Waals surface area contributed by atoms with Crippen LogP contribution in [-0.2, 0) is 16.0 Å². The number of hydrogen-bond acceptors (Lipinski definition) is 4. The lowest BCUT2D eigenvalue weighted by atomic mass is 10.2. The summed E-state index contributed by atoms with van der Waals surface area (Å²) in [4.78, 5) is 0. The fourth-order valence-corrected chi connectivity index (χ4v) is 1.95. The third kappa shape index (κ3) is 4.14. The van der Waals surface area contributed by atoms with Crippen LogP contribution in [0.2, 0.25) is 5.02 Å². The summed E-state index contributed by atoms with van der Waals surface area (Å²) >= 11 is 5.97. The standard InChI is InChI=1S/C13H20ClNO3/c1-9(13(17-3)18-4)15-8-10-7-11(14)5-6-12(10)16-2/h5-7,9,13,15H,8H2,1-4H3. The monoisotopic (exact) mass is 273 g/mol. The average molecular weight is 274 g/mol. The zero-order valence-electron chi connectivity index (χ0n) is 11.2. The molecule has 0 radical (unpaired) electrons. The van der Waals surface area contributed by atoms with Crippen molar-refractivity contribution < 1.29 is 14.2 Å². The van der Waals surface area contributed by atoms with Gasteiger partial charge in [-0.3, -0.25) is 0 Å². The first-order valence-electron chi connectivity index (χ1n) is 5.73. The first-order chi connectivity index (χ1) is 8.62.